The minimum absolute atomic E-state index is 0.00288. The van der Waals surface area contributed by atoms with E-state index in [2.05, 4.69) is 24.0 Å². The fourth-order valence-electron chi connectivity index (χ4n) is 9.27. The number of anilines is 2. The Morgan fingerprint density at radius 3 is 2.48 bits per heavy atom. The largest absolute Gasteiger partial charge is 0.485 e. The molecule has 10 heteroatoms. The lowest BCUT2D eigenvalue weighted by Crippen LogP contribution is -2.77. The Bertz CT molecular complexity index is 1850. The van der Waals surface area contributed by atoms with E-state index in [1.54, 1.807) is 57.2 Å². The van der Waals surface area contributed by atoms with E-state index in [-0.39, 0.29) is 28.2 Å². The van der Waals surface area contributed by atoms with Crippen LogP contribution in [0.1, 0.15) is 75.1 Å². The smallest absolute Gasteiger partial charge is 0.419 e. The number of rotatable bonds is 7. The number of aliphatic hydroxyl groups is 1. The summed E-state index contributed by atoms with van der Waals surface area (Å²) in [5.41, 5.74) is 2.19. The molecule has 3 fully saturated rings. The summed E-state index contributed by atoms with van der Waals surface area (Å²) in [6.45, 7) is 9.31. The molecule has 1 N–H and O–H groups in total. The van der Waals surface area contributed by atoms with Crippen LogP contribution in [-0.2, 0) is 32.5 Å². The van der Waals surface area contributed by atoms with E-state index in [4.69, 9.17) is 37.4 Å². The molecule has 1 unspecified atom stereocenters. The van der Waals surface area contributed by atoms with Crippen molar-refractivity contribution < 1.29 is 28.9 Å². The third-order valence-electron chi connectivity index (χ3n) is 11.5. The van der Waals surface area contributed by atoms with E-state index in [0.717, 1.165) is 48.7 Å². The summed E-state index contributed by atoms with van der Waals surface area (Å²) in [5, 5.41) is 13.4. The van der Waals surface area contributed by atoms with Crippen molar-refractivity contribution in [3.05, 3.63) is 86.9 Å². The van der Waals surface area contributed by atoms with Crippen molar-refractivity contribution in [2.24, 2.45) is 5.92 Å². The number of aryl methyl sites for hydroxylation is 1. The molecule has 1 saturated heterocycles. The average molecular weight is 720 g/mol. The highest BCUT2D eigenvalue weighted by molar-refractivity contribution is 6.40. The molecule has 2 aliphatic heterocycles. The van der Waals surface area contributed by atoms with Gasteiger partial charge in [-0.15, -0.1) is 0 Å². The molecule has 264 valence electrons. The molecule has 5 atom stereocenters. The Balaban J connectivity index is 1.10. The van der Waals surface area contributed by atoms with Crippen molar-refractivity contribution in [3.8, 4) is 5.75 Å². The van der Waals surface area contributed by atoms with E-state index >= 15 is 0 Å². The topological polar surface area (TPSA) is 88.5 Å². The average Bonchev–Trinajstić information content (AvgIpc) is 3.79. The first-order chi connectivity index (χ1) is 23.8. The van der Waals surface area contributed by atoms with Gasteiger partial charge in [0.15, 0.2) is 0 Å². The number of hydrogen-bond donors (Lipinski definition) is 1. The molecule has 3 aliphatic carbocycles. The Morgan fingerprint density at radius 2 is 1.76 bits per heavy atom. The summed E-state index contributed by atoms with van der Waals surface area (Å²) in [6.07, 6.45) is 3.25. The van der Waals surface area contributed by atoms with Gasteiger partial charge in [-0.1, -0.05) is 59.6 Å². The number of ether oxygens (including phenoxy) is 3. The molecule has 3 aromatic rings. The van der Waals surface area contributed by atoms with Crippen molar-refractivity contribution >= 4 is 46.6 Å². The monoisotopic (exact) mass is 718 g/mol. The van der Waals surface area contributed by atoms with E-state index in [9.17, 15) is 14.7 Å². The number of likely N-dealkylation sites (tertiary alicyclic amines) is 1. The van der Waals surface area contributed by atoms with Gasteiger partial charge in [0.2, 0.25) is 0 Å². The summed E-state index contributed by atoms with van der Waals surface area (Å²) in [7, 11) is 0. The number of halogens is 2. The van der Waals surface area contributed by atoms with Gasteiger partial charge in [0, 0.05) is 18.2 Å². The van der Waals surface area contributed by atoms with Gasteiger partial charge >= 0.3 is 12.1 Å². The lowest BCUT2D eigenvalue weighted by atomic mass is 9.48. The van der Waals surface area contributed by atoms with Gasteiger partial charge in [0.25, 0.3) is 0 Å². The maximum absolute atomic E-state index is 14.0. The quantitative estimate of drug-likeness (QED) is 0.247. The Morgan fingerprint density at radius 1 is 1.02 bits per heavy atom. The van der Waals surface area contributed by atoms with Crippen LogP contribution in [0.4, 0.5) is 16.2 Å². The molecule has 8 nitrogen and oxygen atoms in total. The lowest BCUT2D eigenvalue weighted by Gasteiger charge is -2.64. The van der Waals surface area contributed by atoms with Crippen LogP contribution in [0.15, 0.2) is 54.6 Å². The van der Waals surface area contributed by atoms with E-state index in [0.29, 0.717) is 24.1 Å². The van der Waals surface area contributed by atoms with Crippen LogP contribution >= 0.6 is 23.2 Å². The van der Waals surface area contributed by atoms with Crippen LogP contribution in [0.3, 0.4) is 0 Å². The Labute approximate surface area is 303 Å². The van der Waals surface area contributed by atoms with Crippen LogP contribution in [-0.4, -0.2) is 64.6 Å². The third-order valence-corrected chi connectivity index (χ3v) is 12.1. The third kappa shape index (κ3) is 5.40. The molecular weight excluding hydrogens is 675 g/mol. The Hall–Kier alpha value is -3.30. The molecule has 2 bridgehead atoms. The second-order valence-corrected chi connectivity index (χ2v) is 16.7. The first-order valence-corrected chi connectivity index (χ1v) is 18.6. The highest BCUT2D eigenvalue weighted by Gasteiger charge is 2.73. The van der Waals surface area contributed by atoms with Crippen LogP contribution in [0.5, 0.6) is 5.75 Å². The van der Waals surface area contributed by atoms with Crippen molar-refractivity contribution in [1.82, 2.24) is 4.90 Å². The fourth-order valence-corrected chi connectivity index (χ4v) is 9.84. The molecular formula is C40H44Cl2N2O6. The molecule has 50 heavy (non-hydrogen) atoms. The van der Waals surface area contributed by atoms with Gasteiger partial charge < -0.3 is 19.3 Å². The number of hydrogen-bond acceptors (Lipinski definition) is 7. The van der Waals surface area contributed by atoms with Gasteiger partial charge in [0.05, 0.1) is 38.9 Å². The van der Waals surface area contributed by atoms with Crippen LogP contribution in [0.2, 0.25) is 10.0 Å². The standard InChI is InChI=1S/C40H44Cl2N2O6/c1-23-12-15-26-20-31-40(47)17-16-30(36-39(40,33(26)35(23)49-36)18-19-43(31)22-24-13-14-24)48-32(45)21-25-8-5-6-11-29(25)44(37(46)50-38(2,3)4)34-27(41)9-7-10-28(34)42/h5-12,15,24,30-31,36,47H,13-14,16-22H2,1-4H3/t30-,31-,36?,39+,40-/m1/s1. The molecule has 5 aliphatic rings. The number of nitrogens with zero attached hydrogens (tertiary/aromatic N) is 2. The molecule has 1 spiro atoms. The van der Waals surface area contributed by atoms with E-state index in [1.165, 1.54) is 23.3 Å². The number of carbonyl (C=O) groups is 2. The molecule has 3 aromatic carbocycles. The summed E-state index contributed by atoms with van der Waals surface area (Å²) in [4.78, 5) is 31.7. The zero-order valence-corrected chi connectivity index (χ0v) is 30.5. The van der Waals surface area contributed by atoms with Crippen LogP contribution in [0.25, 0.3) is 0 Å². The summed E-state index contributed by atoms with van der Waals surface area (Å²) in [5.74, 6) is 1.12. The van der Waals surface area contributed by atoms with Crippen molar-refractivity contribution in [2.75, 3.05) is 18.0 Å². The molecule has 1 amide bonds. The summed E-state index contributed by atoms with van der Waals surface area (Å²) < 4.78 is 19.0. The molecule has 8 rings (SSSR count). The van der Waals surface area contributed by atoms with Crippen LogP contribution in [0, 0.1) is 12.8 Å². The predicted octanol–water partition coefficient (Wildman–Crippen LogP) is 8.09. The van der Waals surface area contributed by atoms with Gasteiger partial charge in [-0.25, -0.2) is 9.69 Å². The zero-order valence-electron chi connectivity index (χ0n) is 29.0. The minimum atomic E-state index is -0.978. The number of piperidine rings is 1. The second kappa shape index (κ2) is 12.1. The molecule has 0 radical (unpaired) electrons. The van der Waals surface area contributed by atoms with Crippen molar-refractivity contribution in [2.45, 2.75) is 108 Å². The number of amides is 1. The number of para-hydroxylation sites is 2. The SMILES string of the molecule is Cc1ccc2c3c1OC1[C@H](OC(=O)Cc4ccccc4N(C(=O)OC(C)(C)C)c4c(Cl)cccc4Cl)CC[C@@]4(O)[C@@H](C2)N(CC2CC2)CC[C@]314. The van der Waals surface area contributed by atoms with Crippen molar-refractivity contribution in [3.63, 3.8) is 0 Å². The van der Waals surface area contributed by atoms with Gasteiger partial charge in [-0.2, -0.15) is 0 Å². The van der Waals surface area contributed by atoms with Crippen LogP contribution < -0.4 is 9.64 Å². The number of carbonyl (C=O) groups excluding carboxylic acids is 2. The highest BCUT2D eigenvalue weighted by Crippen LogP contribution is 2.65. The predicted molar refractivity (Wildman–Crippen MR) is 193 cm³/mol. The number of benzene rings is 3. The molecule has 2 heterocycles. The fraction of sp³-hybridized carbons (Fsp3) is 0.500. The summed E-state index contributed by atoms with van der Waals surface area (Å²) >= 11 is 13.3. The lowest BCUT2D eigenvalue weighted by molar-refractivity contribution is -0.216. The van der Waals surface area contributed by atoms with Gasteiger partial charge in [-0.05, 0) is 114 Å². The Kier molecular flexibility index (Phi) is 8.22. The highest BCUT2D eigenvalue weighted by atomic mass is 35.5. The van der Waals surface area contributed by atoms with Gasteiger partial charge in [-0.3, -0.25) is 9.69 Å². The van der Waals surface area contributed by atoms with Crippen molar-refractivity contribution in [1.29, 1.82) is 0 Å². The number of esters is 1. The van der Waals surface area contributed by atoms with E-state index in [1.807, 2.05) is 6.07 Å². The zero-order chi connectivity index (χ0) is 35.2. The first kappa shape index (κ1) is 33.8. The van der Waals surface area contributed by atoms with Gasteiger partial charge in [0.1, 0.15) is 23.6 Å². The maximum Gasteiger partial charge on any atom is 0.419 e. The molecule has 0 aromatic heterocycles. The first-order valence-electron chi connectivity index (χ1n) is 17.8. The second-order valence-electron chi connectivity index (χ2n) is 15.8. The molecule has 2 saturated carbocycles. The van der Waals surface area contributed by atoms with E-state index < -0.39 is 40.9 Å². The minimum Gasteiger partial charge on any atom is -0.485 e. The summed E-state index contributed by atoms with van der Waals surface area (Å²) in [6, 6.07) is 16.5. The maximum atomic E-state index is 14.0. The normalized spacial score (nSPS) is 28.0.